The van der Waals surface area contributed by atoms with Crippen molar-refractivity contribution in [1.82, 2.24) is 39.9 Å². The summed E-state index contributed by atoms with van der Waals surface area (Å²) in [5.41, 5.74) is -17.7. The van der Waals surface area contributed by atoms with Crippen LogP contribution in [0.15, 0.2) is 12.1 Å². The second-order valence-corrected chi connectivity index (χ2v) is 9.14. The first-order valence-corrected chi connectivity index (χ1v) is 11.7. The van der Waals surface area contributed by atoms with Gasteiger partial charge in [-0.15, -0.1) is 0 Å². The van der Waals surface area contributed by atoms with Crippen LogP contribution in [0.4, 0.5) is 52.7 Å². The molecular formula is C24H2F12N10. The molecule has 2 aromatic carbocycles. The second kappa shape index (κ2) is 9.35. The lowest BCUT2D eigenvalue weighted by molar-refractivity contribution is -0.167. The molecule has 0 aliphatic carbocycles. The van der Waals surface area contributed by atoms with Gasteiger partial charge in [-0.25, -0.2) is 39.9 Å². The number of hydrogen-bond acceptors (Lipinski definition) is 10. The minimum absolute atomic E-state index is 0.285. The van der Waals surface area contributed by atoms with E-state index in [0.29, 0.717) is 0 Å². The molecule has 4 aromatic heterocycles. The van der Waals surface area contributed by atoms with E-state index in [1.807, 2.05) is 0 Å². The fourth-order valence-electron chi connectivity index (χ4n) is 4.44. The largest absolute Gasteiger partial charge is 0.435 e. The molecule has 0 spiro atoms. The molecule has 0 radical (unpaired) electrons. The topological polar surface area (TPSA) is 151 Å². The molecule has 6 aromatic rings. The third kappa shape index (κ3) is 4.69. The molecule has 232 valence electrons. The minimum atomic E-state index is -5.71. The van der Waals surface area contributed by atoms with E-state index in [2.05, 4.69) is 39.9 Å². The van der Waals surface area contributed by atoms with Crippen molar-refractivity contribution in [3.63, 3.8) is 0 Å². The zero-order valence-corrected chi connectivity index (χ0v) is 21.2. The van der Waals surface area contributed by atoms with Gasteiger partial charge in [-0.05, 0) is 12.1 Å². The molecule has 22 heteroatoms. The van der Waals surface area contributed by atoms with E-state index in [4.69, 9.17) is 0 Å². The predicted octanol–water partition coefficient (Wildman–Crippen LogP) is 6.43. The zero-order chi connectivity index (χ0) is 33.7. The van der Waals surface area contributed by atoms with Gasteiger partial charge in [0.05, 0.1) is 11.1 Å². The lowest BCUT2D eigenvalue weighted by Crippen LogP contribution is -2.21. The van der Waals surface area contributed by atoms with Crippen LogP contribution >= 0.6 is 0 Å². The van der Waals surface area contributed by atoms with Gasteiger partial charge in [-0.1, -0.05) is 0 Å². The predicted molar refractivity (Wildman–Crippen MR) is 126 cm³/mol. The van der Waals surface area contributed by atoms with Crippen LogP contribution in [0.5, 0.6) is 0 Å². The summed E-state index contributed by atoms with van der Waals surface area (Å²) in [6.45, 7) is 0. The van der Waals surface area contributed by atoms with Crippen LogP contribution in [0.1, 0.15) is 33.9 Å². The quantitative estimate of drug-likeness (QED) is 0.101. The maximum atomic E-state index is 13.5. The monoisotopic (exact) mass is 658 g/mol. The Labute approximate surface area is 242 Å². The van der Waals surface area contributed by atoms with Gasteiger partial charge >= 0.3 is 24.7 Å². The molecule has 0 atom stereocenters. The Morgan fingerprint density at radius 3 is 0.848 bits per heavy atom. The molecule has 10 nitrogen and oxygen atoms in total. The van der Waals surface area contributed by atoms with Gasteiger partial charge in [0.2, 0.25) is 0 Å². The first-order chi connectivity index (χ1) is 21.2. The van der Waals surface area contributed by atoms with Crippen molar-refractivity contribution in [2.75, 3.05) is 0 Å². The van der Waals surface area contributed by atoms with Gasteiger partial charge < -0.3 is 0 Å². The Morgan fingerprint density at radius 2 is 0.630 bits per heavy atom. The third-order valence-electron chi connectivity index (χ3n) is 6.25. The highest BCUT2D eigenvalue weighted by Gasteiger charge is 2.48. The summed E-state index contributed by atoms with van der Waals surface area (Å²) >= 11 is 0. The molecule has 0 saturated carbocycles. The Hall–Kier alpha value is -5.80. The molecule has 0 fully saturated rings. The van der Waals surface area contributed by atoms with Crippen LogP contribution in [0.2, 0.25) is 0 Å². The number of alkyl halides is 12. The van der Waals surface area contributed by atoms with Crippen molar-refractivity contribution in [2.24, 2.45) is 0 Å². The van der Waals surface area contributed by atoms with Crippen molar-refractivity contribution in [1.29, 1.82) is 10.5 Å². The van der Waals surface area contributed by atoms with E-state index in [0.717, 1.165) is 12.1 Å². The Kier molecular flexibility index (Phi) is 6.15. The standard InChI is InChI=1S/C24H2F12N10/c25-21(26,27)13-15(23(31,32)33)45-19-17(43-13)39-9-7-1-5(3-37)6(4-38)2-8(7)10-12(11(9)41-19)42-20-18(40-10)44-14(22(28,29)30)16(46-20)24(34,35)36/h1-2H. The lowest BCUT2D eigenvalue weighted by Gasteiger charge is -2.15. The van der Waals surface area contributed by atoms with Crippen LogP contribution in [-0.4, -0.2) is 39.9 Å². The van der Waals surface area contributed by atoms with Crippen LogP contribution in [-0.2, 0) is 24.7 Å². The average molecular weight is 658 g/mol. The first kappa shape index (κ1) is 30.2. The van der Waals surface area contributed by atoms with Crippen molar-refractivity contribution in [3.05, 3.63) is 46.0 Å². The summed E-state index contributed by atoms with van der Waals surface area (Å²) in [7, 11) is 0. The molecule has 0 amide bonds. The summed E-state index contributed by atoms with van der Waals surface area (Å²) in [6.07, 6.45) is -22.8. The lowest BCUT2D eigenvalue weighted by atomic mass is 9.99. The smallest absolute Gasteiger partial charge is 0.223 e. The molecule has 0 aliphatic heterocycles. The fraction of sp³-hybridized carbons (Fsp3) is 0.167. The highest BCUT2D eigenvalue weighted by molar-refractivity contribution is 6.22. The summed E-state index contributed by atoms with van der Waals surface area (Å²) in [5.74, 6) is 0. The number of aromatic nitrogens is 8. The number of benzene rings is 2. The van der Waals surface area contributed by atoms with Gasteiger partial charge in [-0.2, -0.15) is 63.2 Å². The molecular weight excluding hydrogens is 656 g/mol. The third-order valence-corrected chi connectivity index (χ3v) is 6.25. The summed E-state index contributed by atoms with van der Waals surface area (Å²) in [5, 5.41) is 18.4. The number of hydrogen-bond donors (Lipinski definition) is 0. The second-order valence-electron chi connectivity index (χ2n) is 9.14. The van der Waals surface area contributed by atoms with E-state index in [-0.39, 0.29) is 21.9 Å². The highest BCUT2D eigenvalue weighted by atomic mass is 19.4. The number of fused-ring (bicyclic) bond motifs is 8. The molecule has 0 aliphatic rings. The Morgan fingerprint density at radius 1 is 0.391 bits per heavy atom. The average Bonchev–Trinajstić information content (AvgIpc) is 2.95. The van der Waals surface area contributed by atoms with Gasteiger partial charge in [-0.3, -0.25) is 0 Å². The van der Waals surface area contributed by atoms with Crippen molar-refractivity contribution in [3.8, 4) is 12.1 Å². The van der Waals surface area contributed by atoms with E-state index < -0.39 is 92.1 Å². The normalized spacial score (nSPS) is 13.2. The van der Waals surface area contributed by atoms with Crippen LogP contribution < -0.4 is 0 Å². The van der Waals surface area contributed by atoms with E-state index in [1.165, 1.54) is 0 Å². The molecule has 4 heterocycles. The van der Waals surface area contributed by atoms with Crippen molar-refractivity contribution >= 4 is 55.4 Å². The zero-order valence-electron chi connectivity index (χ0n) is 21.2. The maximum Gasteiger partial charge on any atom is 0.435 e. The van der Waals surface area contributed by atoms with Crippen LogP contribution in [0.3, 0.4) is 0 Å². The van der Waals surface area contributed by atoms with Crippen molar-refractivity contribution < 1.29 is 52.7 Å². The maximum absolute atomic E-state index is 13.5. The first-order valence-electron chi connectivity index (χ1n) is 11.7. The molecule has 0 N–H and O–H groups in total. The van der Waals surface area contributed by atoms with E-state index in [9.17, 15) is 63.2 Å². The summed E-state index contributed by atoms with van der Waals surface area (Å²) in [6, 6.07) is 5.20. The van der Waals surface area contributed by atoms with Gasteiger partial charge in [0, 0.05) is 10.8 Å². The number of rotatable bonds is 0. The number of nitriles is 2. The number of nitrogens with zero attached hydrogens (tertiary/aromatic N) is 10. The van der Waals surface area contributed by atoms with Gasteiger partial charge in [0.15, 0.2) is 45.4 Å². The Balaban J connectivity index is 1.86. The Bertz CT molecular complexity index is 2230. The minimum Gasteiger partial charge on any atom is -0.223 e. The van der Waals surface area contributed by atoms with Crippen molar-refractivity contribution in [2.45, 2.75) is 24.7 Å². The summed E-state index contributed by atoms with van der Waals surface area (Å²) in [4.78, 5) is 27.0. The molecule has 0 bridgehead atoms. The van der Waals surface area contributed by atoms with Crippen LogP contribution in [0.25, 0.3) is 55.4 Å². The van der Waals surface area contributed by atoms with Crippen LogP contribution in [0, 0.1) is 22.7 Å². The molecule has 0 saturated heterocycles. The fourth-order valence-corrected chi connectivity index (χ4v) is 4.44. The van der Waals surface area contributed by atoms with Gasteiger partial charge in [0.25, 0.3) is 0 Å². The van der Waals surface area contributed by atoms with Gasteiger partial charge in [0.1, 0.15) is 34.2 Å². The number of halogens is 12. The molecule has 46 heavy (non-hydrogen) atoms. The van der Waals surface area contributed by atoms with E-state index in [1.54, 1.807) is 12.1 Å². The molecule has 6 rings (SSSR count). The molecule has 0 unspecified atom stereocenters. The van der Waals surface area contributed by atoms with E-state index >= 15 is 0 Å². The summed E-state index contributed by atoms with van der Waals surface area (Å²) < 4.78 is 162. The highest BCUT2D eigenvalue weighted by Crippen LogP contribution is 2.41. The SMILES string of the molecule is N#Cc1cc2c(cc1C#N)c1nc3nc(C(F)(F)F)c(C(F)(F)F)nc3nc1c1nc3nc(C(F)(F)F)c(C(F)(F)F)nc3nc21.